The van der Waals surface area contributed by atoms with Crippen LogP contribution in [0.4, 0.5) is 0 Å². The summed E-state index contributed by atoms with van der Waals surface area (Å²) < 4.78 is 10.5. The lowest BCUT2D eigenvalue weighted by molar-refractivity contribution is 0.0674. The Morgan fingerprint density at radius 3 is 2.79 bits per heavy atom. The summed E-state index contributed by atoms with van der Waals surface area (Å²) in [7, 11) is 1.68. The van der Waals surface area contributed by atoms with Crippen molar-refractivity contribution in [3.8, 4) is 5.75 Å². The van der Waals surface area contributed by atoms with Gasteiger partial charge in [-0.15, -0.1) is 0 Å². The topological polar surface area (TPSA) is 60.1 Å². The fraction of sp³-hybridized carbons (Fsp3) is 0.500. The van der Waals surface area contributed by atoms with Crippen molar-refractivity contribution in [1.82, 2.24) is 4.90 Å². The van der Waals surface area contributed by atoms with Crippen LogP contribution >= 0.6 is 0 Å². The van der Waals surface area contributed by atoms with Crippen molar-refractivity contribution in [2.75, 3.05) is 33.4 Å². The van der Waals surface area contributed by atoms with Crippen LogP contribution in [0.5, 0.6) is 5.75 Å². The van der Waals surface area contributed by atoms with Crippen LogP contribution in [0.25, 0.3) is 0 Å². The molecule has 1 aromatic carbocycles. The molecule has 5 nitrogen and oxygen atoms in total. The Bertz CT molecular complexity index is 454. The lowest BCUT2D eigenvalue weighted by Crippen LogP contribution is -2.44. The Kier molecular flexibility index (Phi) is 4.63. The molecule has 1 heterocycles. The van der Waals surface area contributed by atoms with Crippen molar-refractivity contribution >= 4 is 5.96 Å². The zero-order chi connectivity index (χ0) is 13.7. The molecule has 19 heavy (non-hydrogen) atoms. The minimum atomic E-state index is 0.591. The van der Waals surface area contributed by atoms with E-state index in [9.17, 15) is 0 Å². The van der Waals surface area contributed by atoms with Gasteiger partial charge in [0.2, 0.25) is 0 Å². The van der Waals surface area contributed by atoms with Gasteiger partial charge in [0.05, 0.1) is 26.9 Å². The van der Waals surface area contributed by atoms with E-state index in [0.717, 1.165) is 43.2 Å². The van der Waals surface area contributed by atoms with Gasteiger partial charge in [-0.25, -0.2) is 4.99 Å². The van der Waals surface area contributed by atoms with E-state index in [1.54, 1.807) is 7.11 Å². The van der Waals surface area contributed by atoms with Gasteiger partial charge in [0.15, 0.2) is 5.96 Å². The fourth-order valence-corrected chi connectivity index (χ4v) is 2.10. The molecule has 1 aliphatic rings. The Morgan fingerprint density at radius 1 is 1.42 bits per heavy atom. The van der Waals surface area contributed by atoms with Gasteiger partial charge in [-0.2, -0.15) is 0 Å². The number of nitrogens with zero attached hydrogens (tertiary/aromatic N) is 2. The number of rotatable bonds is 3. The predicted molar refractivity (Wildman–Crippen MR) is 75.4 cm³/mol. The van der Waals surface area contributed by atoms with Gasteiger partial charge < -0.3 is 20.1 Å². The summed E-state index contributed by atoms with van der Waals surface area (Å²) in [6, 6.07) is 6.06. The molecule has 0 aromatic heterocycles. The van der Waals surface area contributed by atoms with E-state index in [1.165, 1.54) is 0 Å². The van der Waals surface area contributed by atoms with Gasteiger partial charge in [0.1, 0.15) is 5.75 Å². The summed E-state index contributed by atoms with van der Waals surface area (Å²) in [5.41, 5.74) is 8.23. The van der Waals surface area contributed by atoms with E-state index in [2.05, 4.69) is 16.0 Å². The molecule has 0 spiro atoms. The van der Waals surface area contributed by atoms with Crippen LogP contribution in [0, 0.1) is 6.92 Å². The molecule has 1 saturated heterocycles. The number of hydrogen-bond donors (Lipinski definition) is 1. The van der Waals surface area contributed by atoms with Gasteiger partial charge in [-0.1, -0.05) is 12.1 Å². The zero-order valence-electron chi connectivity index (χ0n) is 11.6. The van der Waals surface area contributed by atoms with Crippen molar-refractivity contribution in [3.05, 3.63) is 29.3 Å². The molecule has 2 N–H and O–H groups in total. The summed E-state index contributed by atoms with van der Waals surface area (Å²) in [5, 5.41) is 0. The molecule has 2 rings (SSSR count). The molecule has 5 heteroatoms. The maximum absolute atomic E-state index is 5.99. The minimum Gasteiger partial charge on any atom is -0.496 e. The number of aryl methyl sites for hydroxylation is 1. The second kappa shape index (κ2) is 6.43. The highest BCUT2D eigenvalue weighted by molar-refractivity contribution is 5.78. The van der Waals surface area contributed by atoms with Crippen LogP contribution in [0.15, 0.2) is 23.2 Å². The highest BCUT2D eigenvalue weighted by Crippen LogP contribution is 2.18. The number of methoxy groups -OCH3 is 1. The lowest BCUT2D eigenvalue weighted by atomic mass is 10.1. The second-order valence-corrected chi connectivity index (χ2v) is 4.58. The highest BCUT2D eigenvalue weighted by atomic mass is 16.5. The van der Waals surface area contributed by atoms with Crippen molar-refractivity contribution < 1.29 is 9.47 Å². The average molecular weight is 263 g/mol. The molecule has 0 bridgehead atoms. The van der Waals surface area contributed by atoms with Gasteiger partial charge >= 0.3 is 0 Å². The molecule has 104 valence electrons. The van der Waals surface area contributed by atoms with Crippen LogP contribution < -0.4 is 10.5 Å². The van der Waals surface area contributed by atoms with Crippen molar-refractivity contribution in [1.29, 1.82) is 0 Å². The SMILES string of the molecule is COc1ccc(CN=C(N)N2CCOCC2)cc1C. The van der Waals surface area contributed by atoms with Gasteiger partial charge in [0.25, 0.3) is 0 Å². The molecule has 0 atom stereocenters. The van der Waals surface area contributed by atoms with Gasteiger partial charge in [-0.05, 0) is 24.1 Å². The molecule has 1 fully saturated rings. The molecule has 0 saturated carbocycles. The highest BCUT2D eigenvalue weighted by Gasteiger charge is 2.11. The fourth-order valence-electron chi connectivity index (χ4n) is 2.10. The van der Waals surface area contributed by atoms with Crippen molar-refractivity contribution in [3.63, 3.8) is 0 Å². The first-order valence-electron chi connectivity index (χ1n) is 6.47. The quantitative estimate of drug-likeness (QED) is 0.656. The molecule has 0 unspecified atom stereocenters. The van der Waals surface area contributed by atoms with Gasteiger partial charge in [-0.3, -0.25) is 0 Å². The predicted octanol–water partition coefficient (Wildman–Crippen LogP) is 1.15. The monoisotopic (exact) mass is 263 g/mol. The van der Waals surface area contributed by atoms with E-state index in [-0.39, 0.29) is 0 Å². The number of guanidine groups is 1. The number of aliphatic imine (C=N–C) groups is 1. The van der Waals surface area contributed by atoms with E-state index in [0.29, 0.717) is 12.5 Å². The van der Waals surface area contributed by atoms with E-state index < -0.39 is 0 Å². The summed E-state index contributed by atoms with van der Waals surface area (Å²) >= 11 is 0. The first kappa shape index (κ1) is 13.7. The summed E-state index contributed by atoms with van der Waals surface area (Å²) in [6.07, 6.45) is 0. The Labute approximate surface area is 114 Å². The van der Waals surface area contributed by atoms with Crippen LogP contribution in [0.3, 0.4) is 0 Å². The largest absolute Gasteiger partial charge is 0.496 e. The maximum atomic E-state index is 5.99. The van der Waals surface area contributed by atoms with E-state index in [4.69, 9.17) is 15.2 Å². The normalized spacial score (nSPS) is 16.5. The third-order valence-electron chi connectivity index (χ3n) is 3.22. The maximum Gasteiger partial charge on any atom is 0.191 e. The number of morpholine rings is 1. The third kappa shape index (κ3) is 3.61. The standard InChI is InChI=1S/C14H21N3O2/c1-11-9-12(3-4-13(11)18-2)10-16-14(15)17-5-7-19-8-6-17/h3-4,9H,5-8,10H2,1-2H3,(H2,15,16). The van der Waals surface area contributed by atoms with E-state index in [1.807, 2.05) is 19.1 Å². The molecule has 1 aromatic rings. The number of nitrogens with two attached hydrogens (primary N) is 1. The van der Waals surface area contributed by atoms with Crippen LogP contribution in [0.1, 0.15) is 11.1 Å². The summed E-state index contributed by atoms with van der Waals surface area (Å²) in [6.45, 7) is 5.69. The molecular formula is C14H21N3O2. The van der Waals surface area contributed by atoms with E-state index >= 15 is 0 Å². The Balaban J connectivity index is 1.98. The van der Waals surface area contributed by atoms with Crippen LogP contribution in [0.2, 0.25) is 0 Å². The molecule has 0 amide bonds. The molecule has 0 radical (unpaired) electrons. The summed E-state index contributed by atoms with van der Waals surface area (Å²) in [4.78, 5) is 6.49. The second-order valence-electron chi connectivity index (χ2n) is 4.58. The molecule has 1 aliphatic heterocycles. The van der Waals surface area contributed by atoms with Crippen molar-refractivity contribution in [2.45, 2.75) is 13.5 Å². The zero-order valence-corrected chi connectivity index (χ0v) is 11.6. The van der Waals surface area contributed by atoms with Crippen LogP contribution in [-0.2, 0) is 11.3 Å². The molecule has 0 aliphatic carbocycles. The minimum absolute atomic E-state index is 0.591. The first-order valence-corrected chi connectivity index (χ1v) is 6.47. The Hall–Kier alpha value is -1.75. The van der Waals surface area contributed by atoms with Crippen LogP contribution in [-0.4, -0.2) is 44.3 Å². The van der Waals surface area contributed by atoms with Crippen molar-refractivity contribution in [2.24, 2.45) is 10.7 Å². The smallest absolute Gasteiger partial charge is 0.191 e. The average Bonchev–Trinajstić information content (AvgIpc) is 2.46. The number of benzene rings is 1. The number of hydrogen-bond acceptors (Lipinski definition) is 3. The molecular weight excluding hydrogens is 242 g/mol. The number of ether oxygens (including phenoxy) is 2. The summed E-state index contributed by atoms with van der Waals surface area (Å²) in [5.74, 6) is 1.49. The Morgan fingerprint density at radius 2 is 2.16 bits per heavy atom. The lowest BCUT2D eigenvalue weighted by Gasteiger charge is -2.27. The first-order chi connectivity index (χ1) is 9.20. The van der Waals surface area contributed by atoms with Gasteiger partial charge in [0, 0.05) is 13.1 Å². The third-order valence-corrected chi connectivity index (χ3v) is 3.22.